The van der Waals surface area contributed by atoms with Crippen molar-refractivity contribution in [2.45, 2.75) is 13.3 Å². The summed E-state index contributed by atoms with van der Waals surface area (Å²) in [5.74, 6) is 0. The zero-order valence-corrected chi connectivity index (χ0v) is 8.49. The minimum absolute atomic E-state index is 0.339. The Hall–Kier alpha value is -1.51. The van der Waals surface area contributed by atoms with Crippen molar-refractivity contribution in [2.24, 2.45) is 0 Å². The van der Waals surface area contributed by atoms with Gasteiger partial charge in [0.2, 0.25) is 0 Å². The highest BCUT2D eigenvalue weighted by Crippen LogP contribution is 2.10. The summed E-state index contributed by atoms with van der Waals surface area (Å²) in [6.45, 7) is 2.41. The third-order valence-corrected chi connectivity index (χ3v) is 1.76. The van der Waals surface area contributed by atoms with Gasteiger partial charge in [0.05, 0.1) is 12.3 Å². The van der Waals surface area contributed by atoms with Gasteiger partial charge in [-0.15, -0.1) is 0 Å². The van der Waals surface area contributed by atoms with Gasteiger partial charge in [0, 0.05) is 13.1 Å². The summed E-state index contributed by atoms with van der Waals surface area (Å²) in [5, 5.41) is 0. The number of carbonyl (C=O) groups is 1. The second-order valence-corrected chi connectivity index (χ2v) is 2.92. The quantitative estimate of drug-likeness (QED) is 0.736. The summed E-state index contributed by atoms with van der Waals surface area (Å²) < 4.78 is 4.97. The minimum atomic E-state index is -0.339. The zero-order valence-electron chi connectivity index (χ0n) is 8.49. The van der Waals surface area contributed by atoms with Crippen LogP contribution in [0.2, 0.25) is 0 Å². The van der Waals surface area contributed by atoms with E-state index in [1.807, 2.05) is 25.1 Å². The van der Waals surface area contributed by atoms with E-state index in [4.69, 9.17) is 4.74 Å². The SMILES string of the molecule is CCCOC(=O)N(C)c1[c]cccc1. The Balaban J connectivity index is 2.57. The first-order chi connectivity index (χ1) is 6.75. The molecular formula is C11H14NO2. The summed E-state index contributed by atoms with van der Waals surface area (Å²) in [4.78, 5) is 12.8. The molecule has 14 heavy (non-hydrogen) atoms. The molecule has 0 aliphatic heterocycles. The van der Waals surface area contributed by atoms with Crippen LogP contribution < -0.4 is 4.90 Å². The maximum absolute atomic E-state index is 11.4. The standard InChI is InChI=1S/C11H14NO2/c1-3-9-14-11(13)12(2)10-7-5-4-6-8-10/h4-7H,3,9H2,1-2H3. The van der Waals surface area contributed by atoms with Crippen molar-refractivity contribution in [1.82, 2.24) is 0 Å². The average molecular weight is 192 g/mol. The molecule has 1 rings (SSSR count). The number of rotatable bonds is 3. The molecule has 0 bridgehead atoms. The third-order valence-electron chi connectivity index (χ3n) is 1.76. The monoisotopic (exact) mass is 192 g/mol. The van der Waals surface area contributed by atoms with E-state index in [0.29, 0.717) is 12.3 Å². The van der Waals surface area contributed by atoms with E-state index in [1.54, 1.807) is 13.1 Å². The number of hydrogen-bond acceptors (Lipinski definition) is 2. The molecule has 1 amide bonds. The van der Waals surface area contributed by atoms with Crippen LogP contribution in [-0.2, 0) is 4.74 Å². The van der Waals surface area contributed by atoms with Crippen LogP contribution in [-0.4, -0.2) is 19.7 Å². The van der Waals surface area contributed by atoms with Crippen LogP contribution >= 0.6 is 0 Å². The van der Waals surface area contributed by atoms with E-state index in [1.165, 1.54) is 4.90 Å². The molecular weight excluding hydrogens is 178 g/mol. The lowest BCUT2D eigenvalue weighted by molar-refractivity contribution is 0.155. The summed E-state index contributed by atoms with van der Waals surface area (Å²) in [6, 6.07) is 10.2. The van der Waals surface area contributed by atoms with Crippen molar-refractivity contribution in [3.05, 3.63) is 30.3 Å². The van der Waals surface area contributed by atoms with Crippen LogP contribution in [0.3, 0.4) is 0 Å². The van der Waals surface area contributed by atoms with E-state index < -0.39 is 0 Å². The van der Waals surface area contributed by atoms with E-state index in [2.05, 4.69) is 6.07 Å². The first-order valence-corrected chi connectivity index (χ1v) is 4.63. The number of carbonyl (C=O) groups excluding carboxylic acids is 1. The Kier molecular flexibility index (Phi) is 3.98. The summed E-state index contributed by atoms with van der Waals surface area (Å²) in [6.07, 6.45) is 0.493. The lowest BCUT2D eigenvalue weighted by atomic mass is 10.3. The highest BCUT2D eigenvalue weighted by atomic mass is 16.6. The molecule has 0 aromatic heterocycles. The van der Waals surface area contributed by atoms with Gasteiger partial charge in [-0.2, -0.15) is 0 Å². The second kappa shape index (κ2) is 5.27. The molecule has 0 N–H and O–H groups in total. The molecule has 3 nitrogen and oxygen atoms in total. The topological polar surface area (TPSA) is 29.5 Å². The molecule has 0 spiro atoms. The molecule has 1 radical (unpaired) electrons. The van der Waals surface area contributed by atoms with Crippen LogP contribution in [0.5, 0.6) is 0 Å². The fraction of sp³-hybridized carbons (Fsp3) is 0.364. The van der Waals surface area contributed by atoms with E-state index in [0.717, 1.165) is 6.42 Å². The molecule has 0 aliphatic carbocycles. The van der Waals surface area contributed by atoms with Gasteiger partial charge < -0.3 is 4.74 Å². The molecule has 1 aromatic rings. The molecule has 0 saturated carbocycles. The first-order valence-electron chi connectivity index (χ1n) is 4.63. The fourth-order valence-corrected chi connectivity index (χ4v) is 0.977. The highest BCUT2D eigenvalue weighted by molar-refractivity contribution is 5.86. The lowest BCUT2D eigenvalue weighted by Crippen LogP contribution is -2.27. The van der Waals surface area contributed by atoms with Crippen molar-refractivity contribution in [2.75, 3.05) is 18.6 Å². The van der Waals surface area contributed by atoms with Gasteiger partial charge in [0.15, 0.2) is 0 Å². The Labute approximate surface area is 84.3 Å². The third kappa shape index (κ3) is 2.76. The lowest BCUT2D eigenvalue weighted by Gasteiger charge is -2.16. The van der Waals surface area contributed by atoms with E-state index in [9.17, 15) is 4.79 Å². The molecule has 0 saturated heterocycles. The van der Waals surface area contributed by atoms with Crippen molar-refractivity contribution in [3.8, 4) is 0 Å². The number of hydrogen-bond donors (Lipinski definition) is 0. The van der Waals surface area contributed by atoms with Crippen LogP contribution in [0, 0.1) is 6.07 Å². The Bertz CT molecular complexity index is 285. The van der Waals surface area contributed by atoms with Gasteiger partial charge in [-0.25, -0.2) is 4.79 Å². The van der Waals surface area contributed by atoms with Crippen LogP contribution in [0.1, 0.15) is 13.3 Å². The van der Waals surface area contributed by atoms with Crippen molar-refractivity contribution in [1.29, 1.82) is 0 Å². The second-order valence-electron chi connectivity index (χ2n) is 2.92. The van der Waals surface area contributed by atoms with Crippen molar-refractivity contribution >= 4 is 11.8 Å². The zero-order chi connectivity index (χ0) is 10.4. The molecule has 0 atom stereocenters. The van der Waals surface area contributed by atoms with Crippen LogP contribution in [0.4, 0.5) is 10.5 Å². The predicted molar refractivity (Wildman–Crippen MR) is 55.3 cm³/mol. The fourth-order valence-electron chi connectivity index (χ4n) is 0.977. The summed E-state index contributed by atoms with van der Waals surface area (Å²) >= 11 is 0. The van der Waals surface area contributed by atoms with E-state index in [-0.39, 0.29) is 6.09 Å². The molecule has 1 aromatic carbocycles. The first kappa shape index (κ1) is 10.6. The van der Waals surface area contributed by atoms with Gasteiger partial charge in [-0.1, -0.05) is 25.1 Å². The average Bonchev–Trinajstić information content (AvgIpc) is 2.26. The molecule has 3 heteroatoms. The maximum atomic E-state index is 11.4. The van der Waals surface area contributed by atoms with Gasteiger partial charge >= 0.3 is 6.09 Å². The van der Waals surface area contributed by atoms with Gasteiger partial charge in [-0.3, -0.25) is 4.90 Å². The number of amides is 1. The Morgan fingerprint density at radius 3 is 2.93 bits per heavy atom. The number of anilines is 1. The molecule has 0 unspecified atom stereocenters. The predicted octanol–water partition coefficient (Wildman–Crippen LogP) is 2.47. The van der Waals surface area contributed by atoms with Gasteiger partial charge in [0.1, 0.15) is 0 Å². The summed E-state index contributed by atoms with van der Waals surface area (Å²) in [5.41, 5.74) is 0.716. The number of nitrogens with zero attached hydrogens (tertiary/aromatic N) is 1. The number of para-hydroxylation sites is 1. The smallest absolute Gasteiger partial charge is 0.414 e. The minimum Gasteiger partial charge on any atom is -0.449 e. The Morgan fingerprint density at radius 2 is 2.36 bits per heavy atom. The summed E-state index contributed by atoms with van der Waals surface area (Å²) in [7, 11) is 1.67. The van der Waals surface area contributed by atoms with Crippen LogP contribution in [0.25, 0.3) is 0 Å². The van der Waals surface area contributed by atoms with Gasteiger partial charge in [0.25, 0.3) is 0 Å². The number of ether oxygens (including phenoxy) is 1. The van der Waals surface area contributed by atoms with Crippen LogP contribution in [0.15, 0.2) is 24.3 Å². The molecule has 0 heterocycles. The Morgan fingerprint density at radius 1 is 1.57 bits per heavy atom. The van der Waals surface area contributed by atoms with Crippen molar-refractivity contribution < 1.29 is 9.53 Å². The molecule has 75 valence electrons. The van der Waals surface area contributed by atoms with Gasteiger partial charge in [-0.05, 0) is 12.5 Å². The molecule has 0 aliphatic rings. The normalized spacial score (nSPS) is 9.57. The maximum Gasteiger partial charge on any atom is 0.414 e. The largest absolute Gasteiger partial charge is 0.449 e. The van der Waals surface area contributed by atoms with E-state index >= 15 is 0 Å². The number of benzene rings is 1. The highest BCUT2D eigenvalue weighted by Gasteiger charge is 2.10. The molecule has 0 fully saturated rings. The van der Waals surface area contributed by atoms with Crippen molar-refractivity contribution in [3.63, 3.8) is 0 Å².